The number of aromatic nitrogens is 1. The SMILES string of the molecule is Cc1nc(C2CCC2)sc1CC(C)(C)N. The Bertz CT molecular complexity index is 345. The van der Waals surface area contributed by atoms with Crippen LogP contribution in [0.4, 0.5) is 0 Å². The Morgan fingerprint density at radius 3 is 2.60 bits per heavy atom. The fourth-order valence-electron chi connectivity index (χ4n) is 1.86. The van der Waals surface area contributed by atoms with Crippen LogP contribution in [0.1, 0.15) is 54.6 Å². The van der Waals surface area contributed by atoms with Crippen molar-refractivity contribution in [2.75, 3.05) is 0 Å². The standard InChI is InChI=1S/C12H20N2S/c1-8-10(7-12(2,3)13)15-11(14-8)9-5-4-6-9/h9H,4-7,13H2,1-3H3. The number of rotatable bonds is 3. The van der Waals surface area contributed by atoms with Gasteiger partial charge in [0.15, 0.2) is 0 Å². The van der Waals surface area contributed by atoms with Crippen LogP contribution in [0, 0.1) is 6.92 Å². The summed E-state index contributed by atoms with van der Waals surface area (Å²) in [5, 5.41) is 1.35. The quantitative estimate of drug-likeness (QED) is 0.857. The van der Waals surface area contributed by atoms with Crippen LogP contribution in [0.3, 0.4) is 0 Å². The Morgan fingerprint density at radius 1 is 1.47 bits per heavy atom. The maximum absolute atomic E-state index is 6.05. The van der Waals surface area contributed by atoms with Gasteiger partial charge in [0.2, 0.25) is 0 Å². The second-order valence-electron chi connectivity index (χ2n) is 5.35. The van der Waals surface area contributed by atoms with E-state index in [1.165, 1.54) is 34.8 Å². The van der Waals surface area contributed by atoms with Crippen molar-refractivity contribution >= 4 is 11.3 Å². The third kappa shape index (κ3) is 2.58. The van der Waals surface area contributed by atoms with Crippen molar-refractivity contribution in [2.45, 2.75) is 57.9 Å². The van der Waals surface area contributed by atoms with E-state index in [-0.39, 0.29) is 5.54 Å². The van der Waals surface area contributed by atoms with Crippen molar-refractivity contribution < 1.29 is 0 Å². The molecule has 0 aromatic carbocycles. The van der Waals surface area contributed by atoms with E-state index in [0.717, 1.165) is 12.3 Å². The lowest BCUT2D eigenvalue weighted by atomic mass is 9.86. The Hall–Kier alpha value is -0.410. The highest BCUT2D eigenvalue weighted by atomic mass is 32.1. The van der Waals surface area contributed by atoms with Gasteiger partial charge in [0.05, 0.1) is 10.7 Å². The van der Waals surface area contributed by atoms with E-state index < -0.39 is 0 Å². The van der Waals surface area contributed by atoms with Gasteiger partial charge in [-0.2, -0.15) is 0 Å². The van der Waals surface area contributed by atoms with Crippen molar-refractivity contribution in [1.29, 1.82) is 0 Å². The molecule has 1 aliphatic carbocycles. The predicted octanol–water partition coefficient (Wildman–Crippen LogP) is 3.00. The van der Waals surface area contributed by atoms with Gasteiger partial charge in [-0.25, -0.2) is 4.98 Å². The van der Waals surface area contributed by atoms with Crippen LogP contribution < -0.4 is 5.73 Å². The summed E-state index contributed by atoms with van der Waals surface area (Å²) in [6.45, 7) is 6.27. The largest absolute Gasteiger partial charge is 0.325 e. The van der Waals surface area contributed by atoms with Crippen molar-refractivity contribution in [2.24, 2.45) is 5.73 Å². The third-order valence-corrected chi connectivity index (χ3v) is 4.30. The molecule has 1 aromatic heterocycles. The molecule has 2 rings (SSSR count). The van der Waals surface area contributed by atoms with E-state index in [9.17, 15) is 0 Å². The van der Waals surface area contributed by atoms with Crippen molar-refractivity contribution in [3.8, 4) is 0 Å². The molecule has 84 valence electrons. The Labute approximate surface area is 95.9 Å². The number of hydrogen-bond donors (Lipinski definition) is 1. The first kappa shape index (κ1) is 11.1. The molecule has 0 saturated heterocycles. The van der Waals surface area contributed by atoms with E-state index in [4.69, 9.17) is 5.73 Å². The first-order chi connectivity index (χ1) is 6.96. The molecule has 0 spiro atoms. The highest BCUT2D eigenvalue weighted by Crippen LogP contribution is 2.39. The number of thiazole rings is 1. The summed E-state index contributed by atoms with van der Waals surface area (Å²) in [6, 6.07) is 0. The number of nitrogens with zero attached hydrogens (tertiary/aromatic N) is 1. The summed E-state index contributed by atoms with van der Waals surface area (Å²) in [4.78, 5) is 6.06. The summed E-state index contributed by atoms with van der Waals surface area (Å²) in [5.74, 6) is 0.753. The lowest BCUT2D eigenvalue weighted by Crippen LogP contribution is -2.34. The maximum Gasteiger partial charge on any atom is 0.0961 e. The molecule has 0 atom stereocenters. The third-order valence-electron chi connectivity index (χ3n) is 2.98. The molecule has 0 unspecified atom stereocenters. The van der Waals surface area contributed by atoms with Gasteiger partial charge in [0.1, 0.15) is 0 Å². The Balaban J connectivity index is 2.14. The summed E-state index contributed by atoms with van der Waals surface area (Å²) >= 11 is 1.88. The first-order valence-electron chi connectivity index (χ1n) is 5.71. The van der Waals surface area contributed by atoms with Crippen molar-refractivity contribution in [1.82, 2.24) is 4.98 Å². The highest BCUT2D eigenvalue weighted by molar-refractivity contribution is 7.11. The van der Waals surface area contributed by atoms with Crippen LogP contribution in [-0.4, -0.2) is 10.5 Å². The van der Waals surface area contributed by atoms with Gasteiger partial charge >= 0.3 is 0 Å². The molecule has 0 amide bonds. The van der Waals surface area contributed by atoms with Crippen molar-refractivity contribution in [3.63, 3.8) is 0 Å². The molecule has 1 aliphatic rings. The summed E-state index contributed by atoms with van der Waals surface area (Å²) in [5.41, 5.74) is 7.13. The zero-order chi connectivity index (χ0) is 11.1. The fourth-order valence-corrected chi connectivity index (χ4v) is 3.33. The molecule has 2 nitrogen and oxygen atoms in total. The normalized spacial score (nSPS) is 17.9. The fraction of sp³-hybridized carbons (Fsp3) is 0.750. The van der Waals surface area contributed by atoms with Gasteiger partial charge in [-0.1, -0.05) is 6.42 Å². The lowest BCUT2D eigenvalue weighted by Gasteiger charge is -2.22. The molecule has 1 saturated carbocycles. The highest BCUT2D eigenvalue weighted by Gasteiger charge is 2.25. The van der Waals surface area contributed by atoms with Gasteiger partial charge in [-0.3, -0.25) is 0 Å². The van der Waals surface area contributed by atoms with Gasteiger partial charge < -0.3 is 5.73 Å². The molecule has 0 bridgehead atoms. The second kappa shape index (κ2) is 3.87. The zero-order valence-corrected chi connectivity index (χ0v) is 10.7. The average molecular weight is 224 g/mol. The van der Waals surface area contributed by atoms with E-state index >= 15 is 0 Å². The molecular formula is C12H20N2S. The number of aryl methyl sites for hydroxylation is 1. The van der Waals surface area contributed by atoms with Crippen LogP contribution in [-0.2, 0) is 6.42 Å². The van der Waals surface area contributed by atoms with Crippen LogP contribution in [0.2, 0.25) is 0 Å². The minimum Gasteiger partial charge on any atom is -0.325 e. The van der Waals surface area contributed by atoms with Gasteiger partial charge in [0, 0.05) is 22.8 Å². The summed E-state index contributed by atoms with van der Waals surface area (Å²) in [6.07, 6.45) is 4.99. The minimum absolute atomic E-state index is 0.117. The van der Waals surface area contributed by atoms with E-state index in [2.05, 4.69) is 25.8 Å². The van der Waals surface area contributed by atoms with Gasteiger partial charge in [0.25, 0.3) is 0 Å². The van der Waals surface area contributed by atoms with Crippen LogP contribution >= 0.6 is 11.3 Å². The molecule has 1 heterocycles. The average Bonchev–Trinajstić information content (AvgIpc) is 2.24. The molecule has 1 aromatic rings. The maximum atomic E-state index is 6.05. The molecule has 2 N–H and O–H groups in total. The predicted molar refractivity (Wildman–Crippen MR) is 65.4 cm³/mol. The summed E-state index contributed by atoms with van der Waals surface area (Å²) in [7, 11) is 0. The molecule has 3 heteroatoms. The van der Waals surface area contributed by atoms with Gasteiger partial charge in [-0.15, -0.1) is 11.3 Å². The molecule has 1 fully saturated rings. The molecule has 0 radical (unpaired) electrons. The van der Waals surface area contributed by atoms with E-state index in [1.807, 2.05) is 11.3 Å². The first-order valence-corrected chi connectivity index (χ1v) is 6.52. The Morgan fingerprint density at radius 2 is 2.13 bits per heavy atom. The van der Waals surface area contributed by atoms with Crippen LogP contribution in [0.5, 0.6) is 0 Å². The van der Waals surface area contributed by atoms with Gasteiger partial charge in [-0.05, 0) is 33.6 Å². The van der Waals surface area contributed by atoms with Crippen molar-refractivity contribution in [3.05, 3.63) is 15.6 Å². The van der Waals surface area contributed by atoms with Crippen LogP contribution in [0.25, 0.3) is 0 Å². The van der Waals surface area contributed by atoms with E-state index in [0.29, 0.717) is 0 Å². The lowest BCUT2D eigenvalue weighted by molar-refractivity contribution is 0.418. The summed E-state index contributed by atoms with van der Waals surface area (Å²) < 4.78 is 0. The minimum atomic E-state index is -0.117. The molecule has 0 aliphatic heterocycles. The zero-order valence-electron chi connectivity index (χ0n) is 9.84. The molecular weight excluding hydrogens is 204 g/mol. The monoisotopic (exact) mass is 224 g/mol. The number of nitrogens with two attached hydrogens (primary N) is 1. The molecule has 15 heavy (non-hydrogen) atoms. The Kier molecular flexibility index (Phi) is 2.86. The smallest absolute Gasteiger partial charge is 0.0961 e. The van der Waals surface area contributed by atoms with Crippen LogP contribution in [0.15, 0.2) is 0 Å². The second-order valence-corrected chi connectivity index (χ2v) is 6.47. The topological polar surface area (TPSA) is 38.9 Å². The number of hydrogen-bond acceptors (Lipinski definition) is 3. The van der Waals surface area contributed by atoms with E-state index in [1.54, 1.807) is 0 Å².